The zero-order valence-electron chi connectivity index (χ0n) is 14.2. The Balaban J connectivity index is 1.79. The number of carbonyl (C=O) groups is 1. The molecule has 25 heavy (non-hydrogen) atoms. The lowest BCUT2D eigenvalue weighted by Crippen LogP contribution is -2.41. The van der Waals surface area contributed by atoms with Crippen molar-refractivity contribution in [2.45, 2.75) is 44.2 Å². The third-order valence-corrected chi connectivity index (χ3v) is 4.84. The average Bonchev–Trinajstić information content (AvgIpc) is 2.87. The molecule has 0 spiro atoms. The number of pyridine rings is 1. The quantitative estimate of drug-likeness (QED) is 0.899. The lowest BCUT2D eigenvalue weighted by Gasteiger charge is -2.31. The molecule has 1 aliphatic rings. The van der Waals surface area contributed by atoms with Crippen LogP contribution in [0.4, 0.5) is 0 Å². The number of carbonyl (C=O) groups excluding carboxylic acids is 1. The third-order valence-electron chi connectivity index (χ3n) is 4.84. The van der Waals surface area contributed by atoms with Crippen molar-refractivity contribution in [2.24, 2.45) is 0 Å². The smallest absolute Gasteiger partial charge is 0.254 e. The number of H-pyrrole nitrogens is 1. The van der Waals surface area contributed by atoms with Gasteiger partial charge >= 0.3 is 0 Å². The van der Waals surface area contributed by atoms with Crippen molar-refractivity contribution in [3.8, 4) is 0 Å². The summed E-state index contributed by atoms with van der Waals surface area (Å²) in [6.45, 7) is 0.664. The topological polar surface area (TPSA) is 73.4 Å². The minimum absolute atomic E-state index is 0.0236. The van der Waals surface area contributed by atoms with E-state index < -0.39 is 6.10 Å². The van der Waals surface area contributed by atoms with Gasteiger partial charge in [0.1, 0.15) is 0 Å². The molecule has 5 nitrogen and oxygen atoms in total. The van der Waals surface area contributed by atoms with Gasteiger partial charge in [0.15, 0.2) is 0 Å². The first-order chi connectivity index (χ1) is 12.1. The van der Waals surface area contributed by atoms with Crippen LogP contribution < -0.4 is 5.56 Å². The van der Waals surface area contributed by atoms with E-state index in [2.05, 4.69) is 4.98 Å². The number of aromatic nitrogens is 1. The van der Waals surface area contributed by atoms with Gasteiger partial charge in [-0.2, -0.15) is 0 Å². The second-order valence-electron chi connectivity index (χ2n) is 6.61. The van der Waals surface area contributed by atoms with Crippen LogP contribution in [-0.2, 0) is 0 Å². The Morgan fingerprint density at radius 2 is 2.00 bits per heavy atom. The lowest BCUT2D eigenvalue weighted by atomic mass is 9.97. The molecule has 1 saturated heterocycles. The van der Waals surface area contributed by atoms with Gasteiger partial charge in [0.2, 0.25) is 5.56 Å². The van der Waals surface area contributed by atoms with Crippen molar-refractivity contribution >= 4 is 5.91 Å². The summed E-state index contributed by atoms with van der Waals surface area (Å²) in [5.41, 5.74) is 1.00. The number of hydrogen-bond donors (Lipinski definition) is 2. The molecule has 2 heterocycles. The maximum absolute atomic E-state index is 12.9. The van der Waals surface area contributed by atoms with Crippen molar-refractivity contribution in [1.29, 1.82) is 0 Å². The van der Waals surface area contributed by atoms with Gasteiger partial charge in [-0.3, -0.25) is 9.59 Å². The molecule has 5 heteroatoms. The van der Waals surface area contributed by atoms with E-state index in [4.69, 9.17) is 0 Å². The molecule has 2 atom stereocenters. The molecule has 1 fully saturated rings. The van der Waals surface area contributed by atoms with Gasteiger partial charge in [-0.05, 0) is 30.9 Å². The first-order valence-electron chi connectivity index (χ1n) is 8.88. The molecule has 1 aliphatic heterocycles. The van der Waals surface area contributed by atoms with Crippen molar-refractivity contribution in [2.75, 3.05) is 6.54 Å². The summed E-state index contributed by atoms with van der Waals surface area (Å²) < 4.78 is 0. The number of likely N-dealkylation sites (tertiary alicyclic amines) is 1. The first-order valence-corrected chi connectivity index (χ1v) is 8.88. The van der Waals surface area contributed by atoms with Crippen LogP contribution in [0.3, 0.4) is 0 Å². The highest BCUT2D eigenvalue weighted by molar-refractivity contribution is 5.94. The number of aromatic amines is 1. The van der Waals surface area contributed by atoms with Crippen LogP contribution in [0.1, 0.15) is 54.1 Å². The summed E-state index contributed by atoms with van der Waals surface area (Å²) >= 11 is 0. The number of aliphatic hydroxyl groups is 1. The Bertz CT molecular complexity index is 757. The highest BCUT2D eigenvalue weighted by Crippen LogP contribution is 2.27. The molecule has 132 valence electrons. The molecule has 1 aromatic heterocycles. The summed E-state index contributed by atoms with van der Waals surface area (Å²) in [4.78, 5) is 28.8. The zero-order valence-corrected chi connectivity index (χ0v) is 14.2. The summed E-state index contributed by atoms with van der Waals surface area (Å²) in [6.07, 6.45) is 5.37. The first kappa shape index (κ1) is 17.4. The van der Waals surface area contributed by atoms with Crippen LogP contribution in [0.15, 0.2) is 53.5 Å². The summed E-state index contributed by atoms with van der Waals surface area (Å²) in [5, 5.41) is 10.6. The molecule has 1 aromatic carbocycles. The van der Waals surface area contributed by atoms with Crippen LogP contribution in [0.25, 0.3) is 0 Å². The van der Waals surface area contributed by atoms with Gasteiger partial charge in [0.25, 0.3) is 5.91 Å². The Labute approximate surface area is 147 Å². The van der Waals surface area contributed by atoms with Crippen molar-refractivity contribution in [1.82, 2.24) is 9.88 Å². The van der Waals surface area contributed by atoms with E-state index in [1.54, 1.807) is 6.07 Å². The highest BCUT2D eigenvalue weighted by atomic mass is 16.3. The van der Waals surface area contributed by atoms with Gasteiger partial charge in [-0.15, -0.1) is 0 Å². The second kappa shape index (κ2) is 8.12. The fourth-order valence-electron chi connectivity index (χ4n) is 3.50. The van der Waals surface area contributed by atoms with Gasteiger partial charge in [0, 0.05) is 30.4 Å². The van der Waals surface area contributed by atoms with E-state index in [0.717, 1.165) is 31.2 Å². The lowest BCUT2D eigenvalue weighted by molar-refractivity contribution is 0.0587. The number of amides is 1. The molecule has 0 radical (unpaired) electrons. The molecule has 0 saturated carbocycles. The summed E-state index contributed by atoms with van der Waals surface area (Å²) in [5.74, 6) is -0.127. The van der Waals surface area contributed by atoms with Gasteiger partial charge in [-0.25, -0.2) is 0 Å². The molecule has 2 aromatic rings. The third kappa shape index (κ3) is 4.37. The number of rotatable bonds is 4. The zero-order chi connectivity index (χ0) is 17.6. The molecule has 0 bridgehead atoms. The van der Waals surface area contributed by atoms with E-state index in [1.165, 1.54) is 12.3 Å². The number of aliphatic hydroxyl groups excluding tert-OH is 1. The normalized spacial score (nSPS) is 19.2. The fourth-order valence-corrected chi connectivity index (χ4v) is 3.50. The maximum Gasteiger partial charge on any atom is 0.254 e. The predicted octanol–water partition coefficient (Wildman–Crippen LogP) is 2.88. The summed E-state index contributed by atoms with van der Waals surface area (Å²) in [7, 11) is 0. The molecule has 3 rings (SSSR count). The van der Waals surface area contributed by atoms with Crippen LogP contribution in [0, 0.1) is 0 Å². The van der Waals surface area contributed by atoms with E-state index in [-0.39, 0.29) is 17.5 Å². The largest absolute Gasteiger partial charge is 0.388 e. The maximum atomic E-state index is 12.9. The minimum Gasteiger partial charge on any atom is -0.388 e. The number of hydrogen-bond acceptors (Lipinski definition) is 3. The van der Waals surface area contributed by atoms with Crippen LogP contribution >= 0.6 is 0 Å². The molecule has 1 amide bonds. The van der Waals surface area contributed by atoms with Crippen molar-refractivity contribution < 1.29 is 9.90 Å². The number of nitrogens with zero attached hydrogens (tertiary/aromatic N) is 1. The fraction of sp³-hybridized carbons (Fsp3) is 0.400. The second-order valence-corrected chi connectivity index (χ2v) is 6.61. The Morgan fingerprint density at radius 1 is 1.20 bits per heavy atom. The molecule has 0 aliphatic carbocycles. The highest BCUT2D eigenvalue weighted by Gasteiger charge is 2.28. The molecular formula is C20H24N2O3. The molecular weight excluding hydrogens is 316 g/mol. The predicted molar refractivity (Wildman–Crippen MR) is 96.4 cm³/mol. The van der Waals surface area contributed by atoms with E-state index in [0.29, 0.717) is 18.5 Å². The van der Waals surface area contributed by atoms with E-state index >= 15 is 0 Å². The van der Waals surface area contributed by atoms with E-state index in [9.17, 15) is 14.7 Å². The van der Waals surface area contributed by atoms with E-state index in [1.807, 2.05) is 35.2 Å². The monoisotopic (exact) mass is 340 g/mol. The van der Waals surface area contributed by atoms with Crippen LogP contribution in [0.2, 0.25) is 0 Å². The average molecular weight is 340 g/mol. The number of nitrogens with one attached hydrogen (secondary N) is 1. The molecule has 0 unspecified atom stereocenters. The van der Waals surface area contributed by atoms with Crippen LogP contribution in [0.5, 0.6) is 0 Å². The van der Waals surface area contributed by atoms with Crippen molar-refractivity contribution in [3.63, 3.8) is 0 Å². The van der Waals surface area contributed by atoms with Crippen LogP contribution in [-0.4, -0.2) is 33.5 Å². The van der Waals surface area contributed by atoms with Gasteiger partial charge in [0.05, 0.1) is 6.10 Å². The Morgan fingerprint density at radius 3 is 2.76 bits per heavy atom. The molecule has 2 N–H and O–H groups in total. The van der Waals surface area contributed by atoms with Crippen molar-refractivity contribution in [3.05, 3.63) is 70.1 Å². The van der Waals surface area contributed by atoms with Gasteiger partial charge < -0.3 is 15.0 Å². The Kier molecular flexibility index (Phi) is 5.66. The summed E-state index contributed by atoms with van der Waals surface area (Å²) in [6, 6.07) is 12.5. The Hall–Kier alpha value is -2.40. The number of benzene rings is 1. The minimum atomic E-state index is -0.598. The SMILES string of the molecule is O=C(c1cc[nH]c(=O)c1)N1CCCCC[C@@H]1C[C@@H](O)c1ccccc1. The standard InChI is InChI=1S/C20H24N2O3/c23-18(15-7-3-1-4-8-15)14-17-9-5-2-6-12-22(17)20(25)16-10-11-21-19(24)13-16/h1,3-4,7-8,10-11,13,17-18,23H,2,5-6,9,12,14H2,(H,21,24)/t17-,18-/m1/s1. The van der Waals surface area contributed by atoms with Gasteiger partial charge in [-0.1, -0.05) is 43.2 Å².